The van der Waals surface area contributed by atoms with Gasteiger partial charge in [-0.1, -0.05) is 23.4 Å². The van der Waals surface area contributed by atoms with Crippen LogP contribution in [-0.4, -0.2) is 18.0 Å². The Bertz CT molecular complexity index is 368. The number of alkyl halides is 1. The van der Waals surface area contributed by atoms with E-state index in [9.17, 15) is 0 Å². The predicted octanol–water partition coefficient (Wildman–Crippen LogP) is 2.72. The number of rotatable bonds is 2. The zero-order valence-electron chi connectivity index (χ0n) is 7.68. The number of ether oxygens (including phenoxy) is 1. The van der Waals surface area contributed by atoms with Crippen LogP contribution in [0.2, 0.25) is 5.02 Å². The van der Waals surface area contributed by atoms with Crippen molar-refractivity contribution in [1.82, 2.24) is 4.98 Å². The summed E-state index contributed by atoms with van der Waals surface area (Å²) >= 11 is 11.3. The Morgan fingerprint density at radius 2 is 2.36 bits per heavy atom. The van der Waals surface area contributed by atoms with Crippen LogP contribution in [0.3, 0.4) is 0 Å². The van der Waals surface area contributed by atoms with Crippen molar-refractivity contribution in [3.8, 4) is 17.7 Å². The molecule has 0 amide bonds. The van der Waals surface area contributed by atoms with Crippen LogP contribution in [0.4, 0.5) is 0 Å². The van der Waals surface area contributed by atoms with Gasteiger partial charge in [0.1, 0.15) is 5.02 Å². The van der Waals surface area contributed by atoms with Gasteiger partial charge in [0.15, 0.2) is 0 Å². The van der Waals surface area contributed by atoms with Gasteiger partial charge in [-0.2, -0.15) is 0 Å². The molecule has 2 nitrogen and oxygen atoms in total. The number of hydrogen-bond donors (Lipinski definition) is 0. The number of halogens is 2. The van der Waals surface area contributed by atoms with E-state index in [1.54, 1.807) is 12.3 Å². The topological polar surface area (TPSA) is 22.1 Å². The fraction of sp³-hybridized carbons (Fsp3) is 0.300. The molecule has 0 saturated carbocycles. The molecule has 0 aliphatic carbocycles. The van der Waals surface area contributed by atoms with E-state index in [1.165, 1.54) is 7.11 Å². The molecule has 14 heavy (non-hydrogen) atoms. The van der Waals surface area contributed by atoms with Crippen molar-refractivity contribution in [2.45, 2.75) is 6.42 Å². The van der Waals surface area contributed by atoms with Crippen molar-refractivity contribution in [1.29, 1.82) is 0 Å². The van der Waals surface area contributed by atoms with E-state index in [1.807, 2.05) is 0 Å². The molecule has 0 bridgehead atoms. The molecule has 1 aromatic rings. The molecule has 74 valence electrons. The Balaban J connectivity index is 2.82. The van der Waals surface area contributed by atoms with Gasteiger partial charge in [0.25, 0.3) is 0 Å². The molecule has 0 atom stereocenters. The van der Waals surface area contributed by atoms with Crippen LogP contribution in [0, 0.1) is 11.8 Å². The average molecular weight is 230 g/mol. The minimum absolute atomic E-state index is 0.412. The standard InChI is InChI=1S/C10H9Cl2NO/c1-14-10-9(12)6-8(7-13-10)4-2-3-5-11/h6-7H,3,5H2,1H3. The van der Waals surface area contributed by atoms with Crippen LogP contribution in [0.15, 0.2) is 12.3 Å². The van der Waals surface area contributed by atoms with E-state index in [2.05, 4.69) is 16.8 Å². The van der Waals surface area contributed by atoms with Crippen LogP contribution in [0.25, 0.3) is 0 Å². The van der Waals surface area contributed by atoms with Crippen molar-refractivity contribution in [2.24, 2.45) is 0 Å². The second-order valence-corrected chi connectivity index (χ2v) is 3.24. The predicted molar refractivity (Wildman–Crippen MR) is 58.0 cm³/mol. The fourth-order valence-electron chi connectivity index (χ4n) is 0.856. The monoisotopic (exact) mass is 229 g/mol. The summed E-state index contributed by atoms with van der Waals surface area (Å²) in [5.41, 5.74) is 0.765. The third kappa shape index (κ3) is 3.10. The van der Waals surface area contributed by atoms with Gasteiger partial charge in [-0.15, -0.1) is 11.6 Å². The van der Waals surface area contributed by atoms with E-state index < -0.39 is 0 Å². The molecule has 0 aliphatic rings. The van der Waals surface area contributed by atoms with E-state index in [0.29, 0.717) is 23.2 Å². The summed E-state index contributed by atoms with van der Waals surface area (Å²) in [6.45, 7) is 0. The Morgan fingerprint density at radius 3 is 2.93 bits per heavy atom. The highest BCUT2D eigenvalue weighted by Crippen LogP contribution is 2.21. The van der Waals surface area contributed by atoms with Crippen molar-refractivity contribution < 1.29 is 4.74 Å². The third-order valence-corrected chi connectivity index (χ3v) is 1.91. The molecule has 1 aromatic heterocycles. The molecule has 0 radical (unpaired) electrons. The van der Waals surface area contributed by atoms with Crippen LogP contribution in [0.5, 0.6) is 5.88 Å². The van der Waals surface area contributed by atoms with Crippen LogP contribution >= 0.6 is 23.2 Å². The number of methoxy groups -OCH3 is 1. The minimum atomic E-state index is 0.412. The van der Waals surface area contributed by atoms with Crippen LogP contribution in [-0.2, 0) is 0 Å². The maximum Gasteiger partial charge on any atom is 0.232 e. The molecule has 0 N–H and O–H groups in total. The lowest BCUT2D eigenvalue weighted by Crippen LogP contribution is -1.89. The van der Waals surface area contributed by atoms with Crippen molar-refractivity contribution in [3.05, 3.63) is 22.8 Å². The smallest absolute Gasteiger partial charge is 0.232 e. The normalized spacial score (nSPS) is 9.07. The first-order chi connectivity index (χ1) is 6.77. The second kappa shape index (κ2) is 5.74. The molecule has 0 spiro atoms. The third-order valence-electron chi connectivity index (χ3n) is 1.45. The van der Waals surface area contributed by atoms with Gasteiger partial charge in [0, 0.05) is 24.1 Å². The van der Waals surface area contributed by atoms with E-state index in [-0.39, 0.29) is 0 Å². The summed E-state index contributed by atoms with van der Waals surface area (Å²) in [5.74, 6) is 6.74. The summed E-state index contributed by atoms with van der Waals surface area (Å²) in [6, 6.07) is 1.72. The zero-order chi connectivity index (χ0) is 10.4. The van der Waals surface area contributed by atoms with Gasteiger partial charge in [0.05, 0.1) is 7.11 Å². The highest BCUT2D eigenvalue weighted by atomic mass is 35.5. The summed E-state index contributed by atoms with van der Waals surface area (Å²) in [7, 11) is 1.52. The molecule has 0 saturated heterocycles. The maximum atomic E-state index is 5.86. The number of pyridine rings is 1. The van der Waals surface area contributed by atoms with Gasteiger partial charge < -0.3 is 4.74 Å². The molecule has 4 heteroatoms. The molecular formula is C10H9Cl2NO. The fourth-order valence-corrected chi connectivity index (χ4v) is 1.19. The summed E-state index contributed by atoms with van der Waals surface area (Å²) in [6.07, 6.45) is 2.27. The van der Waals surface area contributed by atoms with Crippen LogP contribution < -0.4 is 4.74 Å². The molecule has 0 aliphatic heterocycles. The van der Waals surface area contributed by atoms with Crippen LogP contribution in [0.1, 0.15) is 12.0 Å². The van der Waals surface area contributed by atoms with E-state index >= 15 is 0 Å². The number of aromatic nitrogens is 1. The average Bonchev–Trinajstić information content (AvgIpc) is 2.18. The van der Waals surface area contributed by atoms with Gasteiger partial charge in [-0.25, -0.2) is 4.98 Å². The Hall–Kier alpha value is -0.910. The second-order valence-electron chi connectivity index (χ2n) is 2.46. The summed E-state index contributed by atoms with van der Waals surface area (Å²) < 4.78 is 4.91. The molecule has 1 heterocycles. The molecular weight excluding hydrogens is 221 g/mol. The highest BCUT2D eigenvalue weighted by Gasteiger charge is 2.00. The maximum absolute atomic E-state index is 5.86. The Morgan fingerprint density at radius 1 is 1.57 bits per heavy atom. The lowest BCUT2D eigenvalue weighted by molar-refractivity contribution is 0.398. The minimum Gasteiger partial charge on any atom is -0.480 e. The largest absolute Gasteiger partial charge is 0.480 e. The molecule has 1 rings (SSSR count). The van der Waals surface area contributed by atoms with E-state index in [0.717, 1.165) is 5.56 Å². The number of nitrogens with zero attached hydrogens (tertiary/aromatic N) is 1. The van der Waals surface area contributed by atoms with Gasteiger partial charge >= 0.3 is 0 Å². The molecule has 0 fully saturated rings. The Kier molecular flexibility index (Phi) is 4.58. The number of hydrogen-bond acceptors (Lipinski definition) is 2. The Labute approximate surface area is 93.2 Å². The van der Waals surface area contributed by atoms with Gasteiger partial charge in [-0.05, 0) is 6.07 Å². The first kappa shape index (κ1) is 11.2. The SMILES string of the molecule is COc1ncc(C#CCCCl)cc1Cl. The molecule has 0 unspecified atom stereocenters. The zero-order valence-corrected chi connectivity index (χ0v) is 9.19. The van der Waals surface area contributed by atoms with Gasteiger partial charge in [-0.3, -0.25) is 0 Å². The summed E-state index contributed by atoms with van der Waals surface area (Å²) in [4.78, 5) is 3.99. The van der Waals surface area contributed by atoms with Crippen molar-refractivity contribution in [2.75, 3.05) is 13.0 Å². The first-order valence-corrected chi connectivity index (χ1v) is 4.93. The van der Waals surface area contributed by atoms with E-state index in [4.69, 9.17) is 27.9 Å². The molecule has 0 aromatic carbocycles. The van der Waals surface area contributed by atoms with Crippen molar-refractivity contribution in [3.63, 3.8) is 0 Å². The lowest BCUT2D eigenvalue weighted by Gasteiger charge is -2.00. The summed E-state index contributed by atoms with van der Waals surface area (Å²) in [5, 5.41) is 0.463. The first-order valence-electron chi connectivity index (χ1n) is 4.02. The quantitative estimate of drug-likeness (QED) is 0.575. The lowest BCUT2D eigenvalue weighted by atomic mass is 10.3. The van der Waals surface area contributed by atoms with Gasteiger partial charge in [0.2, 0.25) is 5.88 Å². The van der Waals surface area contributed by atoms with Crippen molar-refractivity contribution >= 4 is 23.2 Å². The highest BCUT2D eigenvalue weighted by molar-refractivity contribution is 6.31.